The van der Waals surface area contributed by atoms with E-state index in [1.807, 2.05) is 0 Å². The quantitative estimate of drug-likeness (QED) is 0.281. The molecule has 0 N–H and O–H groups in total. The molecule has 0 bridgehead atoms. The van der Waals surface area contributed by atoms with Crippen molar-refractivity contribution in [2.24, 2.45) is 0 Å². The van der Waals surface area contributed by atoms with E-state index in [0.717, 1.165) is 0 Å². The Kier molecular flexibility index (Phi) is 4.23. The minimum absolute atomic E-state index is 0. The van der Waals surface area contributed by atoms with Crippen LogP contribution in [0.25, 0.3) is 0 Å². The van der Waals surface area contributed by atoms with Gasteiger partial charge in [0.25, 0.3) is 0 Å². The number of hydrogen-bond acceptors (Lipinski definition) is 0. The van der Waals surface area contributed by atoms with Crippen molar-refractivity contribution in [1.29, 1.82) is 0 Å². The van der Waals surface area contributed by atoms with Crippen LogP contribution in [0.2, 0.25) is 0 Å². The molecule has 0 saturated heterocycles. The SMILES string of the molecule is CC1=CCCC[CH-]1.[Li+]. The molecule has 0 nitrogen and oxygen atoms in total. The van der Waals surface area contributed by atoms with Gasteiger partial charge in [0, 0.05) is 0 Å². The van der Waals surface area contributed by atoms with E-state index in [2.05, 4.69) is 19.4 Å². The molecule has 0 aromatic heterocycles. The molecule has 1 rings (SSSR count). The molecule has 0 atom stereocenters. The van der Waals surface area contributed by atoms with Gasteiger partial charge in [0.1, 0.15) is 0 Å². The Balaban J connectivity index is 0.000000490. The first kappa shape index (κ1) is 8.21. The molecule has 0 unspecified atom stereocenters. The van der Waals surface area contributed by atoms with Crippen LogP contribution in [-0.2, 0) is 0 Å². The van der Waals surface area contributed by atoms with Crippen LogP contribution >= 0.6 is 0 Å². The molecule has 0 saturated carbocycles. The van der Waals surface area contributed by atoms with E-state index in [1.165, 1.54) is 24.8 Å². The maximum absolute atomic E-state index is 2.30. The Labute approximate surface area is 63.5 Å². The van der Waals surface area contributed by atoms with Gasteiger partial charge in [0.05, 0.1) is 0 Å². The second-order valence-electron chi connectivity index (χ2n) is 2.08. The molecule has 0 aromatic rings. The molecular weight excluding hydrogens is 91.0 g/mol. The van der Waals surface area contributed by atoms with E-state index < -0.39 is 0 Å². The third-order valence-electron chi connectivity index (χ3n) is 1.34. The van der Waals surface area contributed by atoms with Crippen molar-refractivity contribution in [3.63, 3.8) is 0 Å². The van der Waals surface area contributed by atoms with Gasteiger partial charge >= 0.3 is 18.9 Å². The van der Waals surface area contributed by atoms with Gasteiger partial charge in [-0.1, -0.05) is 13.3 Å². The van der Waals surface area contributed by atoms with E-state index in [4.69, 9.17) is 0 Å². The third kappa shape index (κ3) is 2.50. The normalized spacial score (nSPS) is 17.9. The van der Waals surface area contributed by atoms with E-state index in [-0.39, 0.29) is 18.9 Å². The summed E-state index contributed by atoms with van der Waals surface area (Å²) in [5.74, 6) is 0. The zero-order chi connectivity index (χ0) is 5.11. The minimum Gasteiger partial charge on any atom is -0.228 e. The van der Waals surface area contributed by atoms with Gasteiger partial charge in [0.15, 0.2) is 0 Å². The first-order valence-corrected chi connectivity index (χ1v) is 2.89. The summed E-state index contributed by atoms with van der Waals surface area (Å²) in [6.45, 7) is 2.17. The second kappa shape index (κ2) is 4.12. The van der Waals surface area contributed by atoms with E-state index in [1.54, 1.807) is 0 Å². The number of allylic oxidation sites excluding steroid dienone is 2. The maximum atomic E-state index is 2.30. The fourth-order valence-electron chi connectivity index (χ4n) is 0.861. The average molecular weight is 102 g/mol. The summed E-state index contributed by atoms with van der Waals surface area (Å²) in [7, 11) is 0. The van der Waals surface area contributed by atoms with Gasteiger partial charge in [-0.15, -0.1) is 12.8 Å². The number of hydrogen-bond donors (Lipinski definition) is 0. The largest absolute Gasteiger partial charge is 1.00 e. The Hall–Kier alpha value is 0.207. The fourth-order valence-corrected chi connectivity index (χ4v) is 0.861. The predicted octanol–water partition coefficient (Wildman–Crippen LogP) is -0.675. The first-order chi connectivity index (χ1) is 3.39. The summed E-state index contributed by atoms with van der Waals surface area (Å²) in [6.07, 6.45) is 8.54. The van der Waals surface area contributed by atoms with Crippen LogP contribution in [0.15, 0.2) is 11.6 Å². The Morgan fingerprint density at radius 1 is 1.62 bits per heavy atom. The van der Waals surface area contributed by atoms with Crippen LogP contribution in [-0.4, -0.2) is 0 Å². The topological polar surface area (TPSA) is 0 Å². The Morgan fingerprint density at radius 3 is 2.62 bits per heavy atom. The maximum Gasteiger partial charge on any atom is 1.00 e. The minimum atomic E-state index is 0. The summed E-state index contributed by atoms with van der Waals surface area (Å²) >= 11 is 0. The van der Waals surface area contributed by atoms with Crippen molar-refractivity contribution in [2.45, 2.75) is 26.2 Å². The second-order valence-corrected chi connectivity index (χ2v) is 2.08. The molecule has 0 aromatic carbocycles. The van der Waals surface area contributed by atoms with Gasteiger partial charge in [-0.3, -0.25) is 0 Å². The van der Waals surface area contributed by atoms with Crippen molar-refractivity contribution in [3.05, 3.63) is 18.1 Å². The molecule has 1 aliphatic rings. The molecule has 1 heteroatoms. The molecule has 8 heavy (non-hydrogen) atoms. The summed E-state index contributed by atoms with van der Waals surface area (Å²) in [5.41, 5.74) is 1.46. The molecule has 0 radical (unpaired) electrons. The molecule has 0 aliphatic heterocycles. The van der Waals surface area contributed by atoms with Crippen molar-refractivity contribution in [3.8, 4) is 0 Å². The molecule has 0 amide bonds. The van der Waals surface area contributed by atoms with Gasteiger partial charge in [-0.25, -0.2) is 18.1 Å². The van der Waals surface area contributed by atoms with Crippen LogP contribution in [0.3, 0.4) is 0 Å². The summed E-state index contributed by atoms with van der Waals surface area (Å²) in [4.78, 5) is 0. The Bertz CT molecular complexity index is 84.4. The van der Waals surface area contributed by atoms with Crippen molar-refractivity contribution in [1.82, 2.24) is 0 Å². The van der Waals surface area contributed by atoms with E-state index in [0.29, 0.717) is 0 Å². The number of rotatable bonds is 0. The van der Waals surface area contributed by atoms with Crippen LogP contribution in [0.5, 0.6) is 0 Å². The van der Waals surface area contributed by atoms with Crippen molar-refractivity contribution >= 4 is 0 Å². The average Bonchev–Trinajstić information content (AvgIpc) is 1.69. The van der Waals surface area contributed by atoms with Gasteiger partial charge < -0.3 is 0 Å². The van der Waals surface area contributed by atoms with Crippen molar-refractivity contribution in [2.75, 3.05) is 0 Å². The van der Waals surface area contributed by atoms with Gasteiger partial charge in [-0.05, 0) is 0 Å². The molecule has 0 fully saturated rings. The summed E-state index contributed by atoms with van der Waals surface area (Å²) in [6, 6.07) is 0. The van der Waals surface area contributed by atoms with Crippen LogP contribution in [0.4, 0.5) is 0 Å². The van der Waals surface area contributed by atoms with E-state index >= 15 is 0 Å². The molecular formula is C7H11Li. The van der Waals surface area contributed by atoms with Crippen molar-refractivity contribution < 1.29 is 18.9 Å². The first-order valence-electron chi connectivity index (χ1n) is 2.89. The summed E-state index contributed by atoms with van der Waals surface area (Å²) < 4.78 is 0. The molecule has 0 spiro atoms. The molecule has 1 aliphatic carbocycles. The van der Waals surface area contributed by atoms with E-state index in [9.17, 15) is 0 Å². The van der Waals surface area contributed by atoms with Crippen LogP contribution < -0.4 is 18.9 Å². The van der Waals surface area contributed by atoms with Gasteiger partial charge in [0.2, 0.25) is 0 Å². The standard InChI is InChI=1S/C7H11.Li/c1-7-5-3-2-4-6-7;/h5-6H,2-4H2,1H3;/q-1;+1. The summed E-state index contributed by atoms with van der Waals surface area (Å²) in [5, 5.41) is 0. The Morgan fingerprint density at radius 2 is 2.38 bits per heavy atom. The molecule has 40 valence electrons. The zero-order valence-electron chi connectivity index (χ0n) is 5.78. The fraction of sp³-hybridized carbons (Fsp3) is 0.571. The van der Waals surface area contributed by atoms with Crippen LogP contribution in [0.1, 0.15) is 26.2 Å². The third-order valence-corrected chi connectivity index (χ3v) is 1.34. The smallest absolute Gasteiger partial charge is 0.228 e. The van der Waals surface area contributed by atoms with Crippen LogP contribution in [0, 0.1) is 6.42 Å². The zero-order valence-corrected chi connectivity index (χ0v) is 5.78. The predicted molar refractivity (Wildman–Crippen MR) is 31.9 cm³/mol. The van der Waals surface area contributed by atoms with Gasteiger partial charge in [-0.2, -0.15) is 0 Å². The molecule has 0 heterocycles. The monoisotopic (exact) mass is 102 g/mol.